The number of ketones is 4. The van der Waals surface area contributed by atoms with Crippen molar-refractivity contribution >= 4 is 29.1 Å². The number of Topliss-reactive ketones (excluding diaryl/α,β-unsaturated/α-hetero) is 2. The summed E-state index contributed by atoms with van der Waals surface area (Å²) in [6.45, 7) is 7.21. The van der Waals surface area contributed by atoms with Gasteiger partial charge in [-0.05, 0) is 101 Å². The number of allylic oxidation sites excluding steroid dienone is 8. The maximum absolute atomic E-state index is 12.9. The van der Waals surface area contributed by atoms with Gasteiger partial charge in [-0.25, -0.2) is 0 Å². The molecule has 0 heterocycles. The molecule has 0 fully saturated rings. The molecule has 0 aromatic carbocycles. The molecule has 204 valence electrons. The molecule has 0 unspecified atom stereocenters. The third kappa shape index (κ3) is 9.47. The highest BCUT2D eigenvalue weighted by Gasteiger charge is 2.28. The van der Waals surface area contributed by atoms with E-state index in [4.69, 9.17) is 0 Å². The third-order valence-electron chi connectivity index (χ3n) is 6.88. The van der Waals surface area contributed by atoms with E-state index in [0.29, 0.717) is 73.7 Å². The molecule has 0 radical (unpaired) electrons. The van der Waals surface area contributed by atoms with Crippen molar-refractivity contribution in [1.29, 1.82) is 0 Å². The summed E-state index contributed by atoms with van der Waals surface area (Å²) in [4.78, 5) is 61.3. The number of aliphatic hydroxyl groups excluding tert-OH is 1. The summed E-state index contributed by atoms with van der Waals surface area (Å²) in [6, 6.07) is 0. The molecule has 0 bridgehead atoms. The molecule has 0 aliphatic heterocycles. The first kappa shape index (κ1) is 32.1. The highest BCUT2D eigenvalue weighted by molar-refractivity contribution is 6.21. The first-order valence-electron chi connectivity index (χ1n) is 12.6. The Balaban J connectivity index is 0.00000684. The van der Waals surface area contributed by atoms with Gasteiger partial charge in [0.25, 0.3) is 0 Å². The van der Waals surface area contributed by atoms with Crippen LogP contribution in [0.4, 0.5) is 0 Å². The van der Waals surface area contributed by atoms with Gasteiger partial charge in [0, 0.05) is 28.9 Å². The smallest absolute Gasteiger partial charge is 0.309 e. The molecule has 0 amide bonds. The van der Waals surface area contributed by atoms with Crippen LogP contribution in [0.3, 0.4) is 0 Å². The van der Waals surface area contributed by atoms with Gasteiger partial charge in [0.15, 0.2) is 23.1 Å². The van der Waals surface area contributed by atoms with Gasteiger partial charge in [-0.1, -0.05) is 21.3 Å². The molecule has 2 N–H and O–H groups in total. The van der Waals surface area contributed by atoms with Crippen molar-refractivity contribution in [1.82, 2.24) is 0 Å². The molecule has 0 aromatic heterocycles. The molecule has 0 saturated carbocycles. The summed E-state index contributed by atoms with van der Waals surface area (Å²) in [5, 5.41) is 18.6. The van der Waals surface area contributed by atoms with E-state index < -0.39 is 11.4 Å². The lowest BCUT2D eigenvalue weighted by Crippen LogP contribution is -2.23. The van der Waals surface area contributed by atoms with Crippen LogP contribution in [-0.2, 0) is 24.0 Å². The largest absolute Gasteiger partial charge is 0.481 e. The van der Waals surface area contributed by atoms with Crippen molar-refractivity contribution in [2.24, 2.45) is 10.8 Å². The van der Waals surface area contributed by atoms with Crippen molar-refractivity contribution in [3.05, 3.63) is 46.6 Å². The molecular weight excluding hydrogens is 472 g/mol. The number of hydrogen-bond acceptors (Lipinski definition) is 6. The molecule has 7 nitrogen and oxygen atoms in total. The predicted octanol–water partition coefficient (Wildman–Crippen LogP) is 5.27. The van der Waals surface area contributed by atoms with Gasteiger partial charge in [0.2, 0.25) is 0 Å². The number of carboxylic acids is 1. The average Bonchev–Trinajstić information content (AvgIpc) is 2.79. The summed E-state index contributed by atoms with van der Waals surface area (Å²) in [6.07, 6.45) is 9.54. The second-order valence-corrected chi connectivity index (χ2v) is 11.2. The fourth-order valence-electron chi connectivity index (χ4n) is 4.32. The SMILES string of the molecule is C.CC(C)(CO)CCCC1=CC(=O)C=C(CCCC2=CC(=O)C=C(CCCC(C)(C)C(=O)O)C2=O)C1=O. The number of hydrogen-bond donors (Lipinski definition) is 2. The molecule has 0 saturated heterocycles. The van der Waals surface area contributed by atoms with E-state index in [1.165, 1.54) is 24.3 Å². The van der Waals surface area contributed by atoms with Crippen LogP contribution >= 0.6 is 0 Å². The third-order valence-corrected chi connectivity index (χ3v) is 6.88. The van der Waals surface area contributed by atoms with E-state index in [1.54, 1.807) is 13.8 Å². The Hall–Kier alpha value is -2.93. The topological polar surface area (TPSA) is 126 Å². The number of carboxylic acid groups (broad SMARTS) is 1. The van der Waals surface area contributed by atoms with Gasteiger partial charge < -0.3 is 10.2 Å². The minimum Gasteiger partial charge on any atom is -0.481 e. The van der Waals surface area contributed by atoms with Crippen molar-refractivity contribution in [3.8, 4) is 0 Å². The Morgan fingerprint density at radius 3 is 1.38 bits per heavy atom. The summed E-state index contributed by atoms with van der Waals surface area (Å²) >= 11 is 0. The lowest BCUT2D eigenvalue weighted by molar-refractivity contribution is -0.147. The van der Waals surface area contributed by atoms with Crippen LogP contribution in [0.2, 0.25) is 0 Å². The summed E-state index contributed by atoms with van der Waals surface area (Å²) in [5.41, 5.74) is 0.522. The molecule has 2 rings (SSSR count). The second-order valence-electron chi connectivity index (χ2n) is 11.2. The van der Waals surface area contributed by atoms with Crippen LogP contribution in [0.15, 0.2) is 46.6 Å². The first-order chi connectivity index (χ1) is 16.8. The number of carbonyl (C=O) groups excluding carboxylic acids is 4. The van der Waals surface area contributed by atoms with Gasteiger partial charge in [-0.3, -0.25) is 24.0 Å². The highest BCUT2D eigenvalue weighted by atomic mass is 16.4. The lowest BCUT2D eigenvalue weighted by atomic mass is 9.83. The highest BCUT2D eigenvalue weighted by Crippen LogP contribution is 2.29. The van der Waals surface area contributed by atoms with Gasteiger partial charge in [-0.2, -0.15) is 0 Å². The molecular formula is C30H42O7. The Kier molecular flexibility index (Phi) is 11.8. The summed E-state index contributed by atoms with van der Waals surface area (Å²) in [7, 11) is 0. The zero-order valence-electron chi connectivity index (χ0n) is 21.8. The van der Waals surface area contributed by atoms with Gasteiger partial charge in [0.05, 0.1) is 5.41 Å². The summed E-state index contributed by atoms with van der Waals surface area (Å²) < 4.78 is 0. The van der Waals surface area contributed by atoms with E-state index in [1.807, 2.05) is 13.8 Å². The Labute approximate surface area is 220 Å². The van der Waals surface area contributed by atoms with Crippen molar-refractivity contribution < 1.29 is 34.2 Å². The average molecular weight is 515 g/mol. The van der Waals surface area contributed by atoms with Crippen LogP contribution in [0, 0.1) is 10.8 Å². The molecule has 2 aliphatic rings. The van der Waals surface area contributed by atoms with Gasteiger partial charge in [-0.15, -0.1) is 0 Å². The number of rotatable bonds is 14. The standard InChI is InChI=1S/C29H38O7.CH4/c1-28(2,18-30)12-6-10-21-16-23(31)14-19(25(21)33)8-5-9-20-15-24(32)17-22(26(20)34)11-7-13-29(3,4)27(35)36;/h14-17,30H,5-13,18H2,1-4H3,(H,35,36);1H4. The quantitative estimate of drug-likeness (QED) is 0.302. The van der Waals surface area contributed by atoms with E-state index in [0.717, 1.165) is 6.42 Å². The molecule has 0 aromatic rings. The molecule has 7 heteroatoms. The molecule has 0 spiro atoms. The predicted molar refractivity (Wildman–Crippen MR) is 143 cm³/mol. The minimum atomic E-state index is -0.903. The number of aliphatic hydroxyl groups is 1. The van der Waals surface area contributed by atoms with Crippen molar-refractivity contribution in [2.45, 2.75) is 92.9 Å². The van der Waals surface area contributed by atoms with Crippen molar-refractivity contribution in [3.63, 3.8) is 0 Å². The Bertz CT molecular complexity index is 1050. The van der Waals surface area contributed by atoms with E-state index in [2.05, 4.69) is 0 Å². The Morgan fingerprint density at radius 2 is 1.03 bits per heavy atom. The zero-order chi connectivity index (χ0) is 27.1. The monoisotopic (exact) mass is 514 g/mol. The van der Waals surface area contributed by atoms with Crippen molar-refractivity contribution in [2.75, 3.05) is 6.61 Å². The molecule has 37 heavy (non-hydrogen) atoms. The van der Waals surface area contributed by atoms with Gasteiger partial charge >= 0.3 is 5.97 Å². The fraction of sp³-hybridized carbons (Fsp3) is 0.567. The van der Waals surface area contributed by atoms with Gasteiger partial charge in [0.1, 0.15) is 0 Å². The van der Waals surface area contributed by atoms with Crippen LogP contribution in [0.25, 0.3) is 0 Å². The first-order valence-corrected chi connectivity index (χ1v) is 12.6. The number of carbonyl (C=O) groups is 5. The minimum absolute atomic E-state index is 0. The van der Waals surface area contributed by atoms with Crippen LogP contribution in [0.1, 0.15) is 92.9 Å². The zero-order valence-corrected chi connectivity index (χ0v) is 21.8. The van der Waals surface area contributed by atoms with Crippen LogP contribution < -0.4 is 0 Å². The van der Waals surface area contributed by atoms with E-state index >= 15 is 0 Å². The second kappa shape index (κ2) is 13.6. The molecule has 2 aliphatic carbocycles. The molecule has 0 atom stereocenters. The maximum atomic E-state index is 12.9. The normalized spacial score (nSPS) is 16.6. The van der Waals surface area contributed by atoms with Crippen LogP contribution in [0.5, 0.6) is 0 Å². The van der Waals surface area contributed by atoms with E-state index in [-0.39, 0.29) is 42.6 Å². The van der Waals surface area contributed by atoms with Crippen LogP contribution in [-0.4, -0.2) is 45.9 Å². The maximum Gasteiger partial charge on any atom is 0.309 e. The summed E-state index contributed by atoms with van der Waals surface area (Å²) in [5.74, 6) is -1.76. The fourth-order valence-corrected chi connectivity index (χ4v) is 4.32. The number of aliphatic carboxylic acids is 1. The lowest BCUT2D eigenvalue weighted by Gasteiger charge is -2.22. The Morgan fingerprint density at radius 1 is 0.676 bits per heavy atom. The van der Waals surface area contributed by atoms with E-state index in [9.17, 15) is 34.2 Å².